The third-order valence-corrected chi connectivity index (χ3v) is 4.62. The molecule has 0 saturated carbocycles. The van der Waals surface area contributed by atoms with Crippen molar-refractivity contribution in [2.75, 3.05) is 0 Å². The zero-order chi connectivity index (χ0) is 19.9. The van der Waals surface area contributed by atoms with Crippen LogP contribution in [-0.2, 0) is 37.0 Å². The van der Waals surface area contributed by atoms with Gasteiger partial charge in [0, 0.05) is 6.92 Å². The highest BCUT2D eigenvalue weighted by atomic mass is 16.7. The van der Waals surface area contributed by atoms with Gasteiger partial charge >= 0.3 is 5.97 Å². The predicted molar refractivity (Wildman–Crippen MR) is 102 cm³/mol. The summed E-state index contributed by atoms with van der Waals surface area (Å²) in [5.41, 5.74) is 1.93. The van der Waals surface area contributed by atoms with E-state index in [2.05, 4.69) is 0 Å². The highest BCUT2D eigenvalue weighted by molar-refractivity contribution is 5.66. The molecule has 1 aliphatic rings. The molecule has 1 aliphatic heterocycles. The summed E-state index contributed by atoms with van der Waals surface area (Å²) in [6, 6.07) is 19.3. The first-order valence-electron chi connectivity index (χ1n) is 9.36. The van der Waals surface area contributed by atoms with Crippen LogP contribution >= 0.6 is 0 Å². The Bertz CT molecular complexity index is 735. The van der Waals surface area contributed by atoms with Crippen LogP contribution in [0.1, 0.15) is 25.0 Å². The molecule has 0 aromatic heterocycles. The first kappa shape index (κ1) is 20.5. The fourth-order valence-electron chi connectivity index (χ4n) is 3.25. The third kappa shape index (κ3) is 5.39. The second kappa shape index (κ2) is 9.80. The minimum absolute atomic E-state index is 0.276. The van der Waals surface area contributed by atoms with E-state index >= 15 is 0 Å². The Morgan fingerprint density at radius 2 is 1.39 bits per heavy atom. The molecule has 1 N–H and O–H groups in total. The Kier molecular flexibility index (Phi) is 7.17. The molecule has 0 spiro atoms. The van der Waals surface area contributed by atoms with Gasteiger partial charge in [-0.2, -0.15) is 0 Å². The lowest BCUT2D eigenvalue weighted by molar-refractivity contribution is -0.302. The van der Waals surface area contributed by atoms with E-state index in [0.717, 1.165) is 11.1 Å². The lowest BCUT2D eigenvalue weighted by atomic mass is 9.99. The van der Waals surface area contributed by atoms with Crippen molar-refractivity contribution in [1.82, 2.24) is 0 Å². The Morgan fingerprint density at radius 1 is 0.893 bits per heavy atom. The van der Waals surface area contributed by atoms with Crippen molar-refractivity contribution < 1.29 is 28.8 Å². The molecule has 2 aromatic carbocycles. The number of aliphatic hydroxyl groups excluding tert-OH is 1. The summed E-state index contributed by atoms with van der Waals surface area (Å²) in [5, 5.41) is 10.5. The molecule has 1 heterocycles. The van der Waals surface area contributed by atoms with Gasteiger partial charge in [0.1, 0.15) is 12.2 Å². The van der Waals surface area contributed by atoms with Crippen LogP contribution in [0.2, 0.25) is 0 Å². The molecular weight excluding hydrogens is 360 g/mol. The van der Waals surface area contributed by atoms with Gasteiger partial charge in [0.15, 0.2) is 12.4 Å². The van der Waals surface area contributed by atoms with Gasteiger partial charge in [0.25, 0.3) is 0 Å². The number of aliphatic hydroxyl groups is 1. The quantitative estimate of drug-likeness (QED) is 0.738. The van der Waals surface area contributed by atoms with Gasteiger partial charge in [0.2, 0.25) is 0 Å². The summed E-state index contributed by atoms with van der Waals surface area (Å²) in [6.07, 6.45) is -3.89. The van der Waals surface area contributed by atoms with Crippen molar-refractivity contribution in [3.8, 4) is 0 Å². The van der Waals surface area contributed by atoms with E-state index in [1.165, 1.54) is 6.92 Å². The molecule has 1 unspecified atom stereocenters. The van der Waals surface area contributed by atoms with Crippen molar-refractivity contribution in [3.63, 3.8) is 0 Å². The lowest BCUT2D eigenvalue weighted by Crippen LogP contribution is -2.59. The molecule has 0 aliphatic carbocycles. The van der Waals surface area contributed by atoms with Gasteiger partial charge < -0.3 is 24.1 Å². The molecule has 150 valence electrons. The van der Waals surface area contributed by atoms with Gasteiger partial charge in [-0.05, 0) is 18.1 Å². The maximum Gasteiger partial charge on any atom is 0.303 e. The molecule has 6 nitrogen and oxygen atoms in total. The smallest absolute Gasteiger partial charge is 0.303 e. The summed E-state index contributed by atoms with van der Waals surface area (Å²) < 4.78 is 23.0. The van der Waals surface area contributed by atoms with E-state index in [1.54, 1.807) is 6.92 Å². The van der Waals surface area contributed by atoms with Crippen molar-refractivity contribution in [1.29, 1.82) is 0 Å². The number of rotatable bonds is 7. The fraction of sp³-hybridized carbons (Fsp3) is 0.409. The monoisotopic (exact) mass is 386 g/mol. The molecule has 1 fully saturated rings. The molecule has 0 bridgehead atoms. The fourth-order valence-corrected chi connectivity index (χ4v) is 3.25. The Morgan fingerprint density at radius 3 is 1.89 bits per heavy atom. The number of hydrogen-bond acceptors (Lipinski definition) is 6. The predicted octanol–water partition coefficient (Wildman–Crippen LogP) is 2.83. The third-order valence-electron chi connectivity index (χ3n) is 4.62. The first-order valence-corrected chi connectivity index (χ1v) is 9.36. The summed E-state index contributed by atoms with van der Waals surface area (Å²) in [7, 11) is 0. The average molecular weight is 386 g/mol. The van der Waals surface area contributed by atoms with E-state index < -0.39 is 36.7 Å². The number of carbonyl (C=O) groups is 1. The number of ether oxygens (including phenoxy) is 4. The molecule has 0 radical (unpaired) electrons. The van der Waals surface area contributed by atoms with E-state index in [0.29, 0.717) is 6.61 Å². The van der Waals surface area contributed by atoms with Gasteiger partial charge in [0.05, 0.1) is 19.3 Å². The van der Waals surface area contributed by atoms with Crippen LogP contribution in [0.5, 0.6) is 0 Å². The van der Waals surface area contributed by atoms with E-state index in [1.807, 2.05) is 60.7 Å². The van der Waals surface area contributed by atoms with Crippen LogP contribution in [0.4, 0.5) is 0 Å². The normalized spacial score (nSPS) is 27.3. The Hall–Kier alpha value is -2.25. The molecule has 5 atom stereocenters. The van der Waals surface area contributed by atoms with Crippen LogP contribution < -0.4 is 0 Å². The van der Waals surface area contributed by atoms with Crippen LogP contribution in [0, 0.1) is 0 Å². The van der Waals surface area contributed by atoms with Crippen LogP contribution in [0.3, 0.4) is 0 Å². The summed E-state index contributed by atoms with van der Waals surface area (Å²) >= 11 is 0. The van der Waals surface area contributed by atoms with Gasteiger partial charge in [-0.15, -0.1) is 0 Å². The Balaban J connectivity index is 1.76. The van der Waals surface area contributed by atoms with Crippen molar-refractivity contribution in [2.24, 2.45) is 0 Å². The molecule has 28 heavy (non-hydrogen) atoms. The molecule has 0 amide bonds. The minimum atomic E-state index is -1.19. The van der Waals surface area contributed by atoms with Crippen molar-refractivity contribution >= 4 is 5.97 Å². The van der Waals surface area contributed by atoms with Crippen molar-refractivity contribution in [2.45, 2.75) is 57.8 Å². The molecule has 3 rings (SSSR count). The standard InChI is InChI=1S/C22H26O6/c1-15-19(28-16(2)23)20(25-13-17-9-5-3-6-10-17)21(22(24)27-15)26-14-18-11-7-4-8-12-18/h3-12,15,19-22,24H,13-14H2,1-2H3/t15-,19-,20+,21+,22?/m0/s1. The maximum absolute atomic E-state index is 11.6. The molecular formula is C22H26O6. The van der Waals surface area contributed by atoms with E-state index in [9.17, 15) is 9.90 Å². The number of benzene rings is 2. The topological polar surface area (TPSA) is 74.2 Å². The highest BCUT2D eigenvalue weighted by Gasteiger charge is 2.47. The SMILES string of the molecule is CC(=O)O[C@@H]1[C@@H](OCc2ccccc2)[C@@H](OCc2ccccc2)C(O)O[C@H]1C. The zero-order valence-electron chi connectivity index (χ0n) is 16.1. The van der Waals surface area contributed by atoms with Crippen molar-refractivity contribution in [3.05, 3.63) is 71.8 Å². The minimum Gasteiger partial charge on any atom is -0.457 e. The zero-order valence-corrected chi connectivity index (χ0v) is 16.1. The largest absolute Gasteiger partial charge is 0.457 e. The number of carbonyl (C=O) groups excluding carboxylic acids is 1. The molecule has 1 saturated heterocycles. The number of hydrogen-bond donors (Lipinski definition) is 1. The molecule has 6 heteroatoms. The lowest BCUT2D eigenvalue weighted by Gasteiger charge is -2.43. The Labute approximate surface area is 165 Å². The number of esters is 1. The highest BCUT2D eigenvalue weighted by Crippen LogP contribution is 2.28. The van der Waals surface area contributed by atoms with Gasteiger partial charge in [-0.1, -0.05) is 60.7 Å². The van der Waals surface area contributed by atoms with E-state index in [-0.39, 0.29) is 6.61 Å². The first-order chi connectivity index (χ1) is 13.5. The van der Waals surface area contributed by atoms with Gasteiger partial charge in [-0.3, -0.25) is 4.79 Å². The summed E-state index contributed by atoms with van der Waals surface area (Å²) in [4.78, 5) is 11.6. The second-order valence-electron chi connectivity index (χ2n) is 6.83. The summed E-state index contributed by atoms with van der Waals surface area (Å²) in [5.74, 6) is -0.438. The summed E-state index contributed by atoms with van der Waals surface area (Å²) in [6.45, 7) is 3.65. The van der Waals surface area contributed by atoms with E-state index in [4.69, 9.17) is 18.9 Å². The second-order valence-corrected chi connectivity index (χ2v) is 6.83. The average Bonchev–Trinajstić information content (AvgIpc) is 2.69. The van der Waals surface area contributed by atoms with Crippen LogP contribution in [0.25, 0.3) is 0 Å². The van der Waals surface area contributed by atoms with Gasteiger partial charge in [-0.25, -0.2) is 0 Å². The maximum atomic E-state index is 11.6. The molecule has 2 aromatic rings. The van der Waals surface area contributed by atoms with Crippen LogP contribution in [0.15, 0.2) is 60.7 Å². The van der Waals surface area contributed by atoms with Crippen LogP contribution in [-0.4, -0.2) is 41.8 Å².